The number of hydrogen-bond donors (Lipinski definition) is 1. The molecule has 0 radical (unpaired) electrons. The van der Waals surface area contributed by atoms with E-state index < -0.39 is 19.0 Å². The Hall–Kier alpha value is -1.37. The number of rotatable bonds is 6. The van der Waals surface area contributed by atoms with Crippen molar-refractivity contribution in [2.24, 2.45) is 0 Å². The van der Waals surface area contributed by atoms with E-state index >= 15 is 0 Å². The van der Waals surface area contributed by atoms with Gasteiger partial charge in [0.2, 0.25) is 5.88 Å². The molecular weight excluding hydrogens is 254 g/mol. The lowest BCUT2D eigenvalue weighted by Crippen LogP contribution is -2.34. The highest BCUT2D eigenvalue weighted by Gasteiger charge is 2.41. The Balaban J connectivity index is 2.78. The van der Waals surface area contributed by atoms with Crippen molar-refractivity contribution in [1.82, 2.24) is 4.98 Å². The summed E-state index contributed by atoms with van der Waals surface area (Å²) in [7, 11) is 0. The molecule has 7 heteroatoms. The summed E-state index contributed by atoms with van der Waals surface area (Å²) in [6, 6.07) is 2.82. The Kier molecular flexibility index (Phi) is 4.89. The standard InChI is InChI=1S/C11H13F4NO2/c1-2-8-3-7(5-17)4-9(16-8)18-6-11(14,15)10(12)13/h3-4,10,17H,2,5-6H2,1H3. The quantitative estimate of drug-likeness (QED) is 0.805. The molecule has 0 bridgehead atoms. The van der Waals surface area contributed by atoms with Crippen LogP contribution in [0.25, 0.3) is 0 Å². The zero-order valence-corrected chi connectivity index (χ0v) is 9.67. The minimum absolute atomic E-state index is 0.196. The first-order valence-corrected chi connectivity index (χ1v) is 5.28. The number of nitrogens with zero attached hydrogens (tertiary/aromatic N) is 1. The van der Waals surface area contributed by atoms with E-state index in [1.54, 1.807) is 13.0 Å². The number of halogens is 4. The van der Waals surface area contributed by atoms with Gasteiger partial charge in [-0.2, -0.15) is 8.78 Å². The second-order valence-corrected chi connectivity index (χ2v) is 3.67. The van der Waals surface area contributed by atoms with Gasteiger partial charge in [0.1, 0.15) is 0 Å². The second kappa shape index (κ2) is 5.99. The number of hydrogen-bond acceptors (Lipinski definition) is 3. The summed E-state index contributed by atoms with van der Waals surface area (Å²) in [6.45, 7) is 0.0217. The van der Waals surface area contributed by atoms with Crippen LogP contribution in [0.2, 0.25) is 0 Å². The van der Waals surface area contributed by atoms with E-state index in [2.05, 4.69) is 9.72 Å². The first-order valence-electron chi connectivity index (χ1n) is 5.28. The van der Waals surface area contributed by atoms with Gasteiger partial charge in [0.25, 0.3) is 0 Å². The van der Waals surface area contributed by atoms with Crippen LogP contribution in [0.15, 0.2) is 12.1 Å². The summed E-state index contributed by atoms with van der Waals surface area (Å²) in [5.41, 5.74) is 0.953. The van der Waals surface area contributed by atoms with E-state index in [0.29, 0.717) is 17.7 Å². The maximum Gasteiger partial charge on any atom is 0.340 e. The molecule has 102 valence electrons. The SMILES string of the molecule is CCc1cc(CO)cc(OCC(F)(F)C(F)F)n1. The smallest absolute Gasteiger partial charge is 0.340 e. The van der Waals surface area contributed by atoms with Crippen LogP contribution in [0, 0.1) is 0 Å². The summed E-state index contributed by atoms with van der Waals surface area (Å²) in [5.74, 6) is -4.41. The maximum absolute atomic E-state index is 12.6. The first kappa shape index (κ1) is 14.7. The van der Waals surface area contributed by atoms with Crippen LogP contribution in [0.5, 0.6) is 5.88 Å². The third kappa shape index (κ3) is 3.83. The molecule has 1 N–H and O–H groups in total. The predicted molar refractivity (Wildman–Crippen MR) is 56.0 cm³/mol. The summed E-state index contributed by atoms with van der Waals surface area (Å²) >= 11 is 0. The van der Waals surface area contributed by atoms with Gasteiger partial charge in [-0.1, -0.05) is 6.92 Å². The van der Waals surface area contributed by atoms with Crippen molar-refractivity contribution in [3.63, 3.8) is 0 Å². The van der Waals surface area contributed by atoms with Gasteiger partial charge in [-0.05, 0) is 18.1 Å². The summed E-state index contributed by atoms with van der Waals surface area (Å²) in [4.78, 5) is 3.85. The number of aliphatic hydroxyl groups excluding tert-OH is 1. The molecule has 0 saturated carbocycles. The van der Waals surface area contributed by atoms with Crippen molar-refractivity contribution < 1.29 is 27.4 Å². The molecule has 0 saturated heterocycles. The molecule has 0 atom stereocenters. The molecule has 0 amide bonds. The molecule has 0 aromatic carbocycles. The van der Waals surface area contributed by atoms with E-state index in [0.717, 1.165) is 0 Å². The van der Waals surface area contributed by atoms with Crippen molar-refractivity contribution in [2.45, 2.75) is 32.3 Å². The molecule has 3 nitrogen and oxygen atoms in total. The van der Waals surface area contributed by atoms with Crippen molar-refractivity contribution >= 4 is 0 Å². The minimum atomic E-state index is -4.22. The zero-order valence-electron chi connectivity index (χ0n) is 9.67. The van der Waals surface area contributed by atoms with E-state index in [4.69, 9.17) is 5.11 Å². The van der Waals surface area contributed by atoms with Crippen molar-refractivity contribution in [3.05, 3.63) is 23.4 Å². The number of aryl methyl sites for hydroxylation is 1. The number of aromatic nitrogens is 1. The van der Waals surface area contributed by atoms with Crippen LogP contribution in [0.1, 0.15) is 18.2 Å². The van der Waals surface area contributed by atoms with Crippen LogP contribution >= 0.6 is 0 Å². The van der Waals surface area contributed by atoms with E-state index in [1.165, 1.54) is 6.07 Å². The van der Waals surface area contributed by atoms with Crippen LogP contribution in [-0.2, 0) is 13.0 Å². The minimum Gasteiger partial charge on any atom is -0.471 e. The normalized spacial score (nSPS) is 11.9. The molecule has 0 aliphatic heterocycles. The van der Waals surface area contributed by atoms with E-state index in [1.807, 2.05) is 0 Å². The molecule has 0 aliphatic rings. The summed E-state index contributed by atoms with van der Waals surface area (Å²) in [5, 5.41) is 8.95. The van der Waals surface area contributed by atoms with E-state index in [-0.39, 0.29) is 12.5 Å². The lowest BCUT2D eigenvalue weighted by atomic mass is 10.2. The fourth-order valence-corrected chi connectivity index (χ4v) is 1.20. The molecule has 1 rings (SSSR count). The summed E-state index contributed by atoms with van der Waals surface area (Å²) < 4.78 is 53.7. The van der Waals surface area contributed by atoms with Crippen LogP contribution in [0.4, 0.5) is 17.6 Å². The topological polar surface area (TPSA) is 42.4 Å². The van der Waals surface area contributed by atoms with Crippen molar-refractivity contribution in [3.8, 4) is 5.88 Å². The molecule has 0 fully saturated rings. The molecule has 0 unspecified atom stereocenters. The van der Waals surface area contributed by atoms with Gasteiger partial charge in [0, 0.05) is 11.8 Å². The molecule has 0 spiro atoms. The average molecular weight is 267 g/mol. The fourth-order valence-electron chi connectivity index (χ4n) is 1.20. The Labute approximate surface area is 101 Å². The average Bonchev–Trinajstić information content (AvgIpc) is 2.35. The van der Waals surface area contributed by atoms with E-state index in [9.17, 15) is 17.6 Å². The largest absolute Gasteiger partial charge is 0.471 e. The number of aliphatic hydroxyl groups is 1. The van der Waals surface area contributed by atoms with Gasteiger partial charge in [0.15, 0.2) is 6.61 Å². The molecular formula is C11H13F4NO2. The van der Waals surface area contributed by atoms with Gasteiger partial charge in [-0.25, -0.2) is 13.8 Å². The highest BCUT2D eigenvalue weighted by Crippen LogP contribution is 2.24. The highest BCUT2D eigenvalue weighted by atomic mass is 19.3. The summed E-state index contributed by atoms with van der Waals surface area (Å²) in [6.07, 6.45) is -3.28. The van der Waals surface area contributed by atoms with Gasteiger partial charge in [-0.3, -0.25) is 0 Å². The van der Waals surface area contributed by atoms with Gasteiger partial charge >= 0.3 is 12.3 Å². The zero-order chi connectivity index (χ0) is 13.8. The van der Waals surface area contributed by atoms with Gasteiger partial charge < -0.3 is 9.84 Å². The van der Waals surface area contributed by atoms with Crippen LogP contribution in [0.3, 0.4) is 0 Å². The Bertz CT molecular complexity index is 376. The molecule has 18 heavy (non-hydrogen) atoms. The number of alkyl halides is 4. The second-order valence-electron chi connectivity index (χ2n) is 3.67. The Morgan fingerprint density at radius 2 is 2.06 bits per heavy atom. The van der Waals surface area contributed by atoms with Crippen molar-refractivity contribution in [1.29, 1.82) is 0 Å². The maximum atomic E-state index is 12.6. The van der Waals surface area contributed by atoms with Crippen molar-refractivity contribution in [2.75, 3.05) is 6.61 Å². The number of pyridine rings is 1. The molecule has 0 aliphatic carbocycles. The molecule has 1 aromatic heterocycles. The van der Waals surface area contributed by atoms with Crippen LogP contribution in [-0.4, -0.2) is 29.0 Å². The molecule has 1 aromatic rings. The third-order valence-corrected chi connectivity index (χ3v) is 2.19. The van der Waals surface area contributed by atoms with Crippen LogP contribution < -0.4 is 4.74 Å². The number of ether oxygens (including phenoxy) is 1. The Morgan fingerprint density at radius 3 is 2.56 bits per heavy atom. The van der Waals surface area contributed by atoms with Gasteiger partial charge in [0.05, 0.1) is 6.61 Å². The van der Waals surface area contributed by atoms with Gasteiger partial charge in [-0.15, -0.1) is 0 Å². The third-order valence-electron chi connectivity index (χ3n) is 2.19. The highest BCUT2D eigenvalue weighted by molar-refractivity contribution is 5.24. The molecule has 1 heterocycles. The predicted octanol–water partition coefficient (Wildman–Crippen LogP) is 2.42. The fraction of sp³-hybridized carbons (Fsp3) is 0.545. The lowest BCUT2D eigenvalue weighted by molar-refractivity contribution is -0.148. The lowest BCUT2D eigenvalue weighted by Gasteiger charge is -2.16. The Morgan fingerprint density at radius 1 is 1.39 bits per heavy atom. The monoisotopic (exact) mass is 267 g/mol. The first-order chi connectivity index (χ1) is 8.39.